The zero-order valence-electron chi connectivity index (χ0n) is 7.43. The van der Waals surface area contributed by atoms with Gasteiger partial charge in [0, 0.05) is 15.7 Å². The summed E-state index contributed by atoms with van der Waals surface area (Å²) in [5.41, 5.74) is 2.07. The molecule has 0 radical (unpaired) electrons. The number of nitrogens with one attached hydrogen (secondary N) is 2. The maximum atomic E-state index is 11.3. The van der Waals surface area contributed by atoms with E-state index in [2.05, 4.69) is 32.6 Å². The Hall–Kier alpha value is -1.03. The van der Waals surface area contributed by atoms with Crippen molar-refractivity contribution in [3.05, 3.63) is 28.2 Å². The zero-order chi connectivity index (χ0) is 9.76. The van der Waals surface area contributed by atoms with Gasteiger partial charge in [-0.1, -0.05) is 15.9 Å². The first kappa shape index (κ1) is 8.29. The molecule has 1 saturated carbocycles. The van der Waals surface area contributed by atoms with Gasteiger partial charge in [-0.15, -0.1) is 0 Å². The van der Waals surface area contributed by atoms with E-state index in [0.29, 0.717) is 0 Å². The van der Waals surface area contributed by atoms with Crippen LogP contribution in [0, 0.1) is 0 Å². The van der Waals surface area contributed by atoms with E-state index in [9.17, 15) is 4.79 Å². The molecule has 14 heavy (non-hydrogen) atoms. The molecule has 1 aromatic rings. The van der Waals surface area contributed by atoms with Crippen LogP contribution in [-0.4, -0.2) is 6.03 Å². The Morgan fingerprint density at radius 1 is 1.36 bits per heavy atom. The number of hydrogen-bond donors (Lipinski definition) is 2. The van der Waals surface area contributed by atoms with Crippen LogP contribution in [0.3, 0.4) is 0 Å². The average Bonchev–Trinajstić information content (AvgIpc) is 2.88. The molecule has 2 N–H and O–H groups in total. The fraction of sp³-hybridized carbons (Fsp3) is 0.300. The van der Waals surface area contributed by atoms with Crippen molar-refractivity contribution in [1.82, 2.24) is 5.32 Å². The molecule has 1 heterocycles. The number of anilines is 1. The second-order valence-electron chi connectivity index (χ2n) is 3.85. The third-order valence-electron chi connectivity index (χ3n) is 2.85. The molecule has 0 saturated heterocycles. The molecule has 2 amide bonds. The van der Waals surface area contributed by atoms with Crippen molar-refractivity contribution in [1.29, 1.82) is 0 Å². The Labute approximate surface area is 90.0 Å². The number of benzene rings is 1. The SMILES string of the molecule is O=C1Nc2ccc(Br)cc2C2(CC2)N1. The highest BCUT2D eigenvalue weighted by molar-refractivity contribution is 9.10. The number of urea groups is 1. The lowest BCUT2D eigenvalue weighted by Crippen LogP contribution is -2.42. The number of amides is 2. The van der Waals surface area contributed by atoms with Gasteiger partial charge in [0.15, 0.2) is 0 Å². The maximum Gasteiger partial charge on any atom is 0.319 e. The summed E-state index contributed by atoms with van der Waals surface area (Å²) >= 11 is 3.44. The first-order chi connectivity index (χ1) is 6.70. The van der Waals surface area contributed by atoms with E-state index in [1.165, 1.54) is 5.56 Å². The van der Waals surface area contributed by atoms with Crippen LogP contribution in [-0.2, 0) is 5.54 Å². The molecule has 3 nitrogen and oxygen atoms in total. The molecule has 4 heteroatoms. The highest BCUT2D eigenvalue weighted by Crippen LogP contribution is 2.50. The Morgan fingerprint density at radius 3 is 2.86 bits per heavy atom. The van der Waals surface area contributed by atoms with Gasteiger partial charge in [0.05, 0.1) is 5.54 Å². The molecule has 0 atom stereocenters. The number of halogens is 1. The minimum absolute atomic E-state index is 0.0680. The molecule has 1 aliphatic heterocycles. The van der Waals surface area contributed by atoms with Gasteiger partial charge >= 0.3 is 6.03 Å². The molecule has 3 rings (SSSR count). The molecule has 0 aromatic heterocycles. The molecule has 1 fully saturated rings. The summed E-state index contributed by atoms with van der Waals surface area (Å²) < 4.78 is 1.06. The molecule has 1 spiro atoms. The predicted molar refractivity (Wildman–Crippen MR) is 57.2 cm³/mol. The van der Waals surface area contributed by atoms with Crippen molar-refractivity contribution in [2.75, 3.05) is 5.32 Å². The van der Waals surface area contributed by atoms with Gasteiger partial charge in [-0.25, -0.2) is 4.79 Å². The summed E-state index contributed by atoms with van der Waals surface area (Å²) in [7, 11) is 0. The number of fused-ring (bicyclic) bond motifs is 2. The monoisotopic (exact) mass is 252 g/mol. The molecule has 2 aliphatic rings. The van der Waals surface area contributed by atoms with Gasteiger partial charge < -0.3 is 10.6 Å². The van der Waals surface area contributed by atoms with Crippen LogP contribution in [0.2, 0.25) is 0 Å². The minimum Gasteiger partial charge on any atom is -0.328 e. The van der Waals surface area contributed by atoms with Gasteiger partial charge in [0.2, 0.25) is 0 Å². The van der Waals surface area contributed by atoms with E-state index >= 15 is 0 Å². The Kier molecular flexibility index (Phi) is 1.49. The quantitative estimate of drug-likeness (QED) is 0.733. The van der Waals surface area contributed by atoms with Crippen molar-refractivity contribution in [2.45, 2.75) is 18.4 Å². The largest absolute Gasteiger partial charge is 0.328 e. The van der Waals surface area contributed by atoms with Gasteiger partial charge in [-0.3, -0.25) is 0 Å². The lowest BCUT2D eigenvalue weighted by molar-refractivity contribution is 0.246. The van der Waals surface area contributed by atoms with E-state index in [-0.39, 0.29) is 11.6 Å². The van der Waals surface area contributed by atoms with E-state index in [0.717, 1.165) is 23.0 Å². The fourth-order valence-electron chi connectivity index (χ4n) is 1.98. The highest BCUT2D eigenvalue weighted by Gasteiger charge is 2.49. The summed E-state index contributed by atoms with van der Waals surface area (Å²) in [5, 5.41) is 5.79. The maximum absolute atomic E-state index is 11.3. The van der Waals surface area contributed by atoms with Crippen LogP contribution >= 0.6 is 15.9 Å². The second kappa shape index (κ2) is 2.51. The second-order valence-corrected chi connectivity index (χ2v) is 4.77. The first-order valence-corrected chi connectivity index (χ1v) is 5.38. The van der Waals surface area contributed by atoms with Crippen molar-refractivity contribution < 1.29 is 4.79 Å². The van der Waals surface area contributed by atoms with Crippen LogP contribution < -0.4 is 10.6 Å². The summed E-state index contributed by atoms with van der Waals surface area (Å²) in [6.07, 6.45) is 2.09. The van der Waals surface area contributed by atoms with Crippen molar-refractivity contribution in [2.24, 2.45) is 0 Å². The first-order valence-electron chi connectivity index (χ1n) is 4.59. The van der Waals surface area contributed by atoms with Crippen LogP contribution in [0.5, 0.6) is 0 Å². The molecular weight excluding hydrogens is 244 g/mol. The Bertz CT molecular complexity index is 426. The predicted octanol–water partition coefficient (Wildman–Crippen LogP) is 2.57. The number of carbonyl (C=O) groups excluding carboxylic acids is 1. The normalized spacial score (nSPS) is 21.1. The van der Waals surface area contributed by atoms with Crippen LogP contribution in [0.15, 0.2) is 22.7 Å². The molecule has 0 bridgehead atoms. The Morgan fingerprint density at radius 2 is 2.14 bits per heavy atom. The fourth-order valence-corrected chi connectivity index (χ4v) is 2.34. The molecule has 72 valence electrons. The van der Waals surface area contributed by atoms with Gasteiger partial charge in [0.25, 0.3) is 0 Å². The summed E-state index contributed by atoms with van der Waals surface area (Å²) in [4.78, 5) is 11.3. The smallest absolute Gasteiger partial charge is 0.319 e. The van der Waals surface area contributed by atoms with Crippen molar-refractivity contribution >= 4 is 27.6 Å². The third-order valence-corrected chi connectivity index (χ3v) is 3.34. The zero-order valence-corrected chi connectivity index (χ0v) is 9.02. The van der Waals surface area contributed by atoms with Crippen LogP contribution in [0.25, 0.3) is 0 Å². The lowest BCUT2D eigenvalue weighted by atomic mass is 10.0. The van der Waals surface area contributed by atoms with Crippen molar-refractivity contribution in [3.63, 3.8) is 0 Å². The molecular formula is C10H9BrN2O. The molecule has 1 aliphatic carbocycles. The highest BCUT2D eigenvalue weighted by atomic mass is 79.9. The van der Waals surface area contributed by atoms with E-state index in [1.54, 1.807) is 0 Å². The molecule has 0 unspecified atom stereocenters. The van der Waals surface area contributed by atoms with Gasteiger partial charge in [-0.2, -0.15) is 0 Å². The van der Waals surface area contributed by atoms with Crippen LogP contribution in [0.4, 0.5) is 10.5 Å². The third kappa shape index (κ3) is 1.07. The number of carbonyl (C=O) groups is 1. The number of hydrogen-bond acceptors (Lipinski definition) is 1. The standard InChI is InChI=1S/C10H9BrN2O/c11-6-1-2-8-7(5-6)10(3-4-10)13-9(14)12-8/h1-2,5H,3-4H2,(H2,12,13,14). The summed E-state index contributed by atoms with van der Waals surface area (Å²) in [5.74, 6) is 0. The van der Waals surface area contributed by atoms with Gasteiger partial charge in [-0.05, 0) is 31.0 Å². The topological polar surface area (TPSA) is 41.1 Å². The summed E-state index contributed by atoms with van der Waals surface area (Å²) in [6, 6.07) is 5.88. The summed E-state index contributed by atoms with van der Waals surface area (Å²) in [6.45, 7) is 0. The van der Waals surface area contributed by atoms with Gasteiger partial charge in [0.1, 0.15) is 0 Å². The lowest BCUT2D eigenvalue weighted by Gasteiger charge is -2.27. The molecule has 1 aromatic carbocycles. The number of rotatable bonds is 0. The Balaban J connectivity index is 2.18. The van der Waals surface area contributed by atoms with E-state index in [4.69, 9.17) is 0 Å². The average molecular weight is 253 g/mol. The van der Waals surface area contributed by atoms with E-state index < -0.39 is 0 Å². The van der Waals surface area contributed by atoms with Crippen LogP contribution in [0.1, 0.15) is 18.4 Å². The van der Waals surface area contributed by atoms with E-state index in [1.807, 2.05) is 12.1 Å². The minimum atomic E-state index is -0.0858. The van der Waals surface area contributed by atoms with Crippen molar-refractivity contribution in [3.8, 4) is 0 Å².